The molecule has 1 rings (SSSR count). The second-order valence-electron chi connectivity index (χ2n) is 3.87. The van der Waals surface area contributed by atoms with Crippen molar-refractivity contribution < 1.29 is 52.5 Å². The number of hydrogen-bond donors (Lipinski definition) is 1. The third-order valence-corrected chi connectivity index (χ3v) is 3.24. The van der Waals surface area contributed by atoms with Gasteiger partial charge in [-0.25, -0.2) is 0 Å². The first kappa shape index (κ1) is 18.5. The zero-order valence-corrected chi connectivity index (χ0v) is 10.5. The lowest BCUT2D eigenvalue weighted by Gasteiger charge is -2.19. The Kier molecular flexibility index (Phi) is 4.22. The molecule has 1 aromatic rings. The average molecular weight is 362 g/mol. The molecule has 0 aliphatic rings. The van der Waals surface area contributed by atoms with Crippen molar-refractivity contribution in [2.45, 2.75) is 23.4 Å². The Hall–Kier alpha value is -1.50. The largest absolute Gasteiger partial charge is 0.417 e. The quantitative estimate of drug-likeness (QED) is 0.607. The highest BCUT2D eigenvalue weighted by Gasteiger charge is 2.47. The molecule has 126 valence electrons. The Labute approximate surface area is 116 Å². The van der Waals surface area contributed by atoms with E-state index in [4.69, 9.17) is 4.55 Å². The van der Waals surface area contributed by atoms with Gasteiger partial charge >= 0.3 is 18.5 Å². The number of benzene rings is 1. The SMILES string of the molecule is O=S(=O)(O)c1c(C(F)(F)F)cc(C(F)(F)F)cc1C(F)(F)F. The van der Waals surface area contributed by atoms with Crippen LogP contribution in [0, 0.1) is 0 Å². The van der Waals surface area contributed by atoms with Gasteiger partial charge in [0.1, 0.15) is 4.90 Å². The van der Waals surface area contributed by atoms with Crippen molar-refractivity contribution in [1.29, 1.82) is 0 Å². The summed E-state index contributed by atoms with van der Waals surface area (Å²) in [6.45, 7) is 0. The average Bonchev–Trinajstić information content (AvgIpc) is 2.22. The molecular formula is C9H3F9O3S. The van der Waals surface area contributed by atoms with Crippen molar-refractivity contribution in [1.82, 2.24) is 0 Å². The molecule has 0 saturated heterocycles. The topological polar surface area (TPSA) is 54.4 Å². The molecule has 0 aliphatic heterocycles. The van der Waals surface area contributed by atoms with Gasteiger partial charge in [0.05, 0.1) is 16.7 Å². The summed E-state index contributed by atoms with van der Waals surface area (Å²) in [7, 11) is -6.10. The normalized spacial score (nSPS) is 14.3. The van der Waals surface area contributed by atoms with Crippen molar-refractivity contribution >= 4 is 10.1 Å². The second-order valence-corrected chi connectivity index (χ2v) is 5.23. The minimum absolute atomic E-state index is 0.821. The minimum atomic E-state index is -6.10. The van der Waals surface area contributed by atoms with Crippen molar-refractivity contribution in [3.8, 4) is 0 Å². The molecular weight excluding hydrogens is 359 g/mol. The van der Waals surface area contributed by atoms with Crippen molar-refractivity contribution in [3.05, 3.63) is 28.8 Å². The fourth-order valence-corrected chi connectivity index (χ4v) is 2.40. The molecule has 0 radical (unpaired) electrons. The van der Waals surface area contributed by atoms with Gasteiger partial charge in [0.2, 0.25) is 0 Å². The lowest BCUT2D eigenvalue weighted by atomic mass is 10.0. The van der Waals surface area contributed by atoms with Gasteiger partial charge in [-0.15, -0.1) is 0 Å². The summed E-state index contributed by atoms with van der Waals surface area (Å²) >= 11 is 0. The third-order valence-electron chi connectivity index (χ3n) is 2.29. The van der Waals surface area contributed by atoms with Gasteiger partial charge in [0.15, 0.2) is 0 Å². The minimum Gasteiger partial charge on any atom is -0.282 e. The lowest BCUT2D eigenvalue weighted by Crippen LogP contribution is -2.22. The Morgan fingerprint density at radius 3 is 1.23 bits per heavy atom. The van der Waals surface area contributed by atoms with Crippen LogP contribution >= 0.6 is 0 Å². The van der Waals surface area contributed by atoms with Crippen molar-refractivity contribution in [2.75, 3.05) is 0 Å². The van der Waals surface area contributed by atoms with Crippen LogP contribution in [0.1, 0.15) is 16.7 Å². The molecule has 0 atom stereocenters. The van der Waals surface area contributed by atoms with Crippen molar-refractivity contribution in [3.63, 3.8) is 0 Å². The monoisotopic (exact) mass is 362 g/mol. The van der Waals surface area contributed by atoms with Crippen LogP contribution in [0.2, 0.25) is 0 Å². The number of rotatable bonds is 1. The van der Waals surface area contributed by atoms with Crippen LogP contribution in [0.4, 0.5) is 39.5 Å². The van der Waals surface area contributed by atoms with E-state index in [2.05, 4.69) is 0 Å². The smallest absolute Gasteiger partial charge is 0.282 e. The van der Waals surface area contributed by atoms with Gasteiger partial charge in [0, 0.05) is 0 Å². The van der Waals surface area contributed by atoms with E-state index in [1.54, 1.807) is 0 Å². The van der Waals surface area contributed by atoms with Crippen LogP contribution in [0.5, 0.6) is 0 Å². The molecule has 1 aromatic carbocycles. The second kappa shape index (κ2) is 5.01. The summed E-state index contributed by atoms with van der Waals surface area (Å²) in [4.78, 5) is -2.68. The predicted octanol–water partition coefficient (Wildman–Crippen LogP) is 3.99. The van der Waals surface area contributed by atoms with E-state index in [1.165, 1.54) is 0 Å². The molecule has 0 saturated carbocycles. The standard InChI is InChI=1S/C9H3F9O3S/c10-7(11,12)3-1-4(8(13,14)15)6(22(19,20)21)5(2-3)9(16,17)18/h1-2H,(H,19,20,21). The van der Waals surface area contributed by atoms with E-state index >= 15 is 0 Å². The Bertz CT molecular complexity index is 647. The molecule has 0 fully saturated rings. The Balaban J connectivity index is 4.05. The van der Waals surface area contributed by atoms with Gasteiger partial charge in [-0.2, -0.15) is 47.9 Å². The summed E-state index contributed by atoms with van der Waals surface area (Å²) in [5, 5.41) is 0. The first-order valence-corrected chi connectivity index (χ1v) is 6.27. The van der Waals surface area contributed by atoms with E-state index < -0.39 is 62.4 Å². The van der Waals surface area contributed by atoms with E-state index in [9.17, 15) is 47.9 Å². The summed E-state index contributed by atoms with van der Waals surface area (Å²) < 4.78 is 143. The molecule has 0 amide bonds. The first-order chi connectivity index (χ1) is 9.45. The van der Waals surface area contributed by atoms with Gasteiger partial charge in [0.25, 0.3) is 10.1 Å². The highest BCUT2D eigenvalue weighted by atomic mass is 32.2. The van der Waals surface area contributed by atoms with E-state index in [-0.39, 0.29) is 0 Å². The number of halogens is 9. The molecule has 0 aromatic heterocycles. The fraction of sp³-hybridized carbons (Fsp3) is 0.333. The molecule has 0 bridgehead atoms. The van der Waals surface area contributed by atoms with Crippen LogP contribution in [-0.4, -0.2) is 13.0 Å². The van der Waals surface area contributed by atoms with Crippen LogP contribution < -0.4 is 0 Å². The zero-order chi connectivity index (χ0) is 17.7. The van der Waals surface area contributed by atoms with Gasteiger partial charge in [-0.05, 0) is 12.1 Å². The number of alkyl halides is 9. The van der Waals surface area contributed by atoms with Gasteiger partial charge in [-0.1, -0.05) is 0 Å². The molecule has 0 heterocycles. The van der Waals surface area contributed by atoms with Gasteiger partial charge < -0.3 is 0 Å². The van der Waals surface area contributed by atoms with E-state index in [1.807, 2.05) is 0 Å². The third kappa shape index (κ3) is 3.82. The van der Waals surface area contributed by atoms with E-state index in [0.717, 1.165) is 0 Å². The maximum Gasteiger partial charge on any atom is 0.417 e. The summed E-state index contributed by atoms with van der Waals surface area (Å²) in [5.74, 6) is 0. The highest BCUT2D eigenvalue weighted by molar-refractivity contribution is 7.86. The van der Waals surface area contributed by atoms with E-state index in [0.29, 0.717) is 0 Å². The Morgan fingerprint density at radius 2 is 1.05 bits per heavy atom. The maximum atomic E-state index is 12.6. The summed E-state index contributed by atoms with van der Waals surface area (Å²) in [5.41, 5.74) is -7.89. The number of hydrogen-bond acceptors (Lipinski definition) is 2. The lowest BCUT2D eigenvalue weighted by molar-refractivity contribution is -0.152. The van der Waals surface area contributed by atoms with Crippen LogP contribution in [0.15, 0.2) is 17.0 Å². The van der Waals surface area contributed by atoms with Crippen LogP contribution in [0.25, 0.3) is 0 Å². The van der Waals surface area contributed by atoms with Crippen molar-refractivity contribution in [2.24, 2.45) is 0 Å². The zero-order valence-electron chi connectivity index (χ0n) is 9.73. The highest BCUT2D eigenvalue weighted by Crippen LogP contribution is 2.45. The molecule has 0 spiro atoms. The summed E-state index contributed by atoms with van der Waals surface area (Å²) in [6.07, 6.45) is -17.4. The van der Waals surface area contributed by atoms with Crippen LogP contribution in [0.3, 0.4) is 0 Å². The summed E-state index contributed by atoms with van der Waals surface area (Å²) in [6, 6.07) is -1.64. The molecule has 1 N–H and O–H groups in total. The molecule has 13 heteroatoms. The van der Waals surface area contributed by atoms with Crippen LogP contribution in [-0.2, 0) is 28.6 Å². The fourth-order valence-electron chi connectivity index (χ4n) is 1.49. The first-order valence-electron chi connectivity index (χ1n) is 4.83. The maximum absolute atomic E-state index is 12.6. The predicted molar refractivity (Wildman–Crippen MR) is 51.3 cm³/mol. The molecule has 22 heavy (non-hydrogen) atoms. The van der Waals surface area contributed by atoms with Gasteiger partial charge in [-0.3, -0.25) is 4.55 Å². The molecule has 3 nitrogen and oxygen atoms in total. The molecule has 0 aliphatic carbocycles. The molecule has 0 unspecified atom stereocenters. The Morgan fingerprint density at radius 1 is 0.727 bits per heavy atom.